The Morgan fingerprint density at radius 3 is 2.36 bits per heavy atom. The molecule has 0 radical (unpaired) electrons. The first-order valence-corrected chi connectivity index (χ1v) is 8.87. The molecule has 4 N–H and O–H groups in total. The maximum absolute atomic E-state index is 11.7. The second-order valence-corrected chi connectivity index (χ2v) is 6.63. The van der Waals surface area contributed by atoms with E-state index in [0.29, 0.717) is 23.1 Å². The summed E-state index contributed by atoms with van der Waals surface area (Å²) in [5, 5.41) is 20.5. The number of rotatable bonds is 4. The second kappa shape index (κ2) is 7.17. The van der Waals surface area contributed by atoms with Crippen LogP contribution in [-0.4, -0.2) is 20.0 Å². The molecule has 4 rings (SSSR count). The molecule has 0 aliphatic carbocycles. The highest BCUT2D eigenvalue weighted by atomic mass is 16.5. The summed E-state index contributed by atoms with van der Waals surface area (Å²) < 4.78 is 0.452. The normalized spacial score (nSPS) is 11.0. The van der Waals surface area contributed by atoms with Crippen LogP contribution in [0, 0.1) is 0 Å². The van der Waals surface area contributed by atoms with Gasteiger partial charge >= 0.3 is 0 Å². The van der Waals surface area contributed by atoms with Crippen molar-refractivity contribution in [2.45, 2.75) is 13.0 Å². The second-order valence-electron chi connectivity index (χ2n) is 6.63. The van der Waals surface area contributed by atoms with E-state index in [-0.39, 0.29) is 11.4 Å². The molecule has 0 spiro atoms. The van der Waals surface area contributed by atoms with Crippen molar-refractivity contribution in [3.05, 3.63) is 93.9 Å². The van der Waals surface area contributed by atoms with E-state index in [4.69, 9.17) is 5.73 Å². The molecule has 0 aliphatic rings. The SMILES string of the molecule is NCc1cccc(-c2cccc(Cc3ccnc4c3c(O)cc(=O)n4O)c2)c1. The highest BCUT2D eigenvalue weighted by Crippen LogP contribution is 2.28. The van der Waals surface area contributed by atoms with E-state index in [1.807, 2.05) is 36.4 Å². The fourth-order valence-corrected chi connectivity index (χ4v) is 3.39. The van der Waals surface area contributed by atoms with Crippen molar-refractivity contribution < 1.29 is 10.3 Å². The maximum Gasteiger partial charge on any atom is 0.288 e. The number of nitrogens with two attached hydrogens (primary N) is 1. The summed E-state index contributed by atoms with van der Waals surface area (Å²) in [6, 6.07) is 18.9. The molecule has 0 saturated carbocycles. The summed E-state index contributed by atoms with van der Waals surface area (Å²) in [4.78, 5) is 15.7. The van der Waals surface area contributed by atoms with Gasteiger partial charge in [0.25, 0.3) is 5.56 Å². The molecule has 6 nitrogen and oxygen atoms in total. The summed E-state index contributed by atoms with van der Waals surface area (Å²) in [5.74, 6) is -0.194. The molecule has 2 heterocycles. The van der Waals surface area contributed by atoms with Crippen LogP contribution >= 0.6 is 0 Å². The van der Waals surface area contributed by atoms with Gasteiger partial charge in [0.2, 0.25) is 0 Å². The first-order valence-electron chi connectivity index (χ1n) is 8.87. The Morgan fingerprint density at radius 1 is 0.964 bits per heavy atom. The smallest absolute Gasteiger partial charge is 0.288 e. The van der Waals surface area contributed by atoms with Crippen LogP contribution in [0.3, 0.4) is 0 Å². The summed E-state index contributed by atoms with van der Waals surface area (Å²) in [5.41, 5.74) is 10.1. The van der Waals surface area contributed by atoms with Crippen LogP contribution in [0.1, 0.15) is 16.7 Å². The number of hydrogen-bond donors (Lipinski definition) is 3. The minimum atomic E-state index is -0.726. The first kappa shape index (κ1) is 17.8. The minimum absolute atomic E-state index is 0.0364. The summed E-state index contributed by atoms with van der Waals surface area (Å²) in [6.07, 6.45) is 2.02. The van der Waals surface area contributed by atoms with Crippen molar-refractivity contribution in [2.24, 2.45) is 5.73 Å². The maximum atomic E-state index is 11.7. The predicted octanol–water partition coefficient (Wildman–Crippen LogP) is 3.06. The lowest BCUT2D eigenvalue weighted by Gasteiger charge is -2.11. The molecule has 0 unspecified atom stereocenters. The largest absolute Gasteiger partial charge is 0.507 e. The number of hydrogen-bond acceptors (Lipinski definition) is 5. The zero-order valence-electron chi connectivity index (χ0n) is 15.0. The molecule has 0 bridgehead atoms. The van der Waals surface area contributed by atoms with Crippen LogP contribution in [0.2, 0.25) is 0 Å². The molecule has 0 aliphatic heterocycles. The molecule has 2 aromatic heterocycles. The van der Waals surface area contributed by atoms with Crippen molar-refractivity contribution >= 4 is 11.0 Å². The van der Waals surface area contributed by atoms with Gasteiger partial charge in [-0.2, -0.15) is 0 Å². The lowest BCUT2D eigenvalue weighted by molar-refractivity contribution is 0.186. The third kappa shape index (κ3) is 3.21. The van der Waals surface area contributed by atoms with Gasteiger partial charge in [0, 0.05) is 18.8 Å². The van der Waals surface area contributed by atoms with Crippen LogP contribution in [-0.2, 0) is 13.0 Å². The van der Waals surface area contributed by atoms with Crippen molar-refractivity contribution in [1.82, 2.24) is 9.71 Å². The summed E-state index contributed by atoms with van der Waals surface area (Å²) >= 11 is 0. The van der Waals surface area contributed by atoms with Gasteiger partial charge in [0.1, 0.15) is 5.75 Å². The third-order valence-electron chi connectivity index (χ3n) is 4.76. The van der Waals surface area contributed by atoms with Gasteiger partial charge in [0.15, 0.2) is 5.65 Å². The Labute approximate surface area is 161 Å². The first-order chi connectivity index (χ1) is 13.6. The quantitative estimate of drug-likeness (QED) is 0.477. The van der Waals surface area contributed by atoms with Crippen LogP contribution in [0.15, 0.2) is 71.7 Å². The predicted molar refractivity (Wildman–Crippen MR) is 107 cm³/mol. The monoisotopic (exact) mass is 373 g/mol. The standard InChI is InChI=1S/C22H19N3O3/c23-13-15-4-2-6-17(11-15)16-5-1-3-14(9-16)10-18-7-8-24-22-21(18)19(26)12-20(27)25(22)28/h1-9,11-12,26,28H,10,13,23H2. The van der Waals surface area contributed by atoms with E-state index in [0.717, 1.165) is 33.9 Å². The third-order valence-corrected chi connectivity index (χ3v) is 4.76. The van der Waals surface area contributed by atoms with E-state index < -0.39 is 5.56 Å². The Hall–Kier alpha value is -3.64. The molecule has 0 fully saturated rings. The van der Waals surface area contributed by atoms with Gasteiger partial charge in [-0.05, 0) is 46.4 Å². The lowest BCUT2D eigenvalue weighted by Crippen LogP contribution is -2.17. The number of aromatic hydroxyl groups is 1. The molecule has 4 aromatic rings. The zero-order chi connectivity index (χ0) is 19.7. The van der Waals surface area contributed by atoms with E-state index in [1.165, 1.54) is 6.20 Å². The number of benzene rings is 2. The van der Waals surface area contributed by atoms with Gasteiger partial charge in [-0.15, -0.1) is 4.73 Å². The van der Waals surface area contributed by atoms with Crippen LogP contribution in [0.4, 0.5) is 0 Å². The number of aromatic nitrogens is 2. The van der Waals surface area contributed by atoms with Crippen molar-refractivity contribution in [2.75, 3.05) is 0 Å². The Bertz CT molecular complexity index is 1230. The van der Waals surface area contributed by atoms with Gasteiger partial charge in [0.05, 0.1) is 5.39 Å². The lowest BCUT2D eigenvalue weighted by atomic mass is 9.97. The molecular weight excluding hydrogens is 354 g/mol. The number of pyridine rings is 2. The van der Waals surface area contributed by atoms with Gasteiger partial charge in [-0.3, -0.25) is 4.79 Å². The van der Waals surface area contributed by atoms with Crippen LogP contribution in [0.5, 0.6) is 5.75 Å². The van der Waals surface area contributed by atoms with E-state index >= 15 is 0 Å². The fourth-order valence-electron chi connectivity index (χ4n) is 3.39. The molecular formula is C22H19N3O3. The average Bonchev–Trinajstić information content (AvgIpc) is 2.72. The van der Waals surface area contributed by atoms with E-state index in [1.54, 1.807) is 6.07 Å². The Morgan fingerprint density at radius 2 is 1.64 bits per heavy atom. The summed E-state index contributed by atoms with van der Waals surface area (Å²) in [7, 11) is 0. The Kier molecular flexibility index (Phi) is 4.55. The molecule has 0 atom stereocenters. The van der Waals surface area contributed by atoms with Gasteiger partial charge in [-0.1, -0.05) is 42.5 Å². The topological polar surface area (TPSA) is 101 Å². The minimum Gasteiger partial charge on any atom is -0.507 e. The molecule has 6 heteroatoms. The van der Waals surface area contributed by atoms with Gasteiger partial charge in [-0.25, -0.2) is 4.98 Å². The van der Waals surface area contributed by atoms with E-state index in [2.05, 4.69) is 17.1 Å². The van der Waals surface area contributed by atoms with Crippen LogP contribution in [0.25, 0.3) is 22.2 Å². The van der Waals surface area contributed by atoms with E-state index in [9.17, 15) is 15.1 Å². The Balaban J connectivity index is 1.76. The highest BCUT2D eigenvalue weighted by Gasteiger charge is 2.13. The van der Waals surface area contributed by atoms with Crippen LogP contribution < -0.4 is 11.3 Å². The molecule has 2 aromatic carbocycles. The summed E-state index contributed by atoms with van der Waals surface area (Å²) in [6.45, 7) is 0.485. The van der Waals surface area contributed by atoms with Crippen molar-refractivity contribution in [3.63, 3.8) is 0 Å². The number of fused-ring (bicyclic) bond motifs is 1. The fraction of sp³-hybridized carbons (Fsp3) is 0.0909. The molecule has 140 valence electrons. The molecule has 28 heavy (non-hydrogen) atoms. The molecule has 0 amide bonds. The molecule has 0 saturated heterocycles. The number of nitrogens with zero attached hydrogens (tertiary/aromatic N) is 2. The van der Waals surface area contributed by atoms with Crippen molar-refractivity contribution in [3.8, 4) is 16.9 Å². The highest BCUT2D eigenvalue weighted by molar-refractivity contribution is 5.85. The average molecular weight is 373 g/mol. The zero-order valence-corrected chi connectivity index (χ0v) is 15.0. The van der Waals surface area contributed by atoms with Crippen molar-refractivity contribution in [1.29, 1.82) is 0 Å². The van der Waals surface area contributed by atoms with Gasteiger partial charge < -0.3 is 16.0 Å².